The molecule has 0 saturated heterocycles. The molecule has 1 amide bonds. The lowest BCUT2D eigenvalue weighted by Gasteiger charge is -2.05. The third-order valence-electron chi connectivity index (χ3n) is 3.35. The van der Waals surface area contributed by atoms with Crippen LogP contribution in [-0.2, 0) is 16.0 Å². The zero-order valence-corrected chi connectivity index (χ0v) is 14.4. The van der Waals surface area contributed by atoms with Crippen molar-refractivity contribution in [3.63, 3.8) is 0 Å². The van der Waals surface area contributed by atoms with E-state index < -0.39 is 5.97 Å². The lowest BCUT2D eigenvalue weighted by atomic mass is 10.1. The van der Waals surface area contributed by atoms with Gasteiger partial charge in [0.2, 0.25) is 5.91 Å². The molecule has 122 valence electrons. The van der Waals surface area contributed by atoms with E-state index in [2.05, 4.69) is 5.32 Å². The van der Waals surface area contributed by atoms with Crippen LogP contribution in [0.5, 0.6) is 0 Å². The van der Waals surface area contributed by atoms with Crippen LogP contribution < -0.4 is 5.32 Å². The molecule has 0 radical (unpaired) electrons. The highest BCUT2D eigenvalue weighted by Gasteiger charge is 2.22. The molecule has 0 bridgehead atoms. The number of carbonyl (C=O) groups excluding carboxylic acids is 2. The number of hydrogen-bond acceptors (Lipinski definition) is 5. The van der Waals surface area contributed by atoms with E-state index in [1.165, 1.54) is 24.5 Å². The van der Waals surface area contributed by atoms with Crippen LogP contribution in [0.3, 0.4) is 0 Å². The first kappa shape index (κ1) is 17.0. The van der Waals surface area contributed by atoms with Gasteiger partial charge in [0.05, 0.1) is 12.7 Å². The Kier molecular flexibility index (Phi) is 5.39. The number of esters is 1. The van der Waals surface area contributed by atoms with Gasteiger partial charge in [-0.1, -0.05) is 6.92 Å². The number of amides is 1. The Labute approximate surface area is 139 Å². The minimum Gasteiger partial charge on any atom is -0.465 e. The zero-order chi connectivity index (χ0) is 17.0. The molecule has 0 fully saturated rings. The SMILES string of the molecule is CCc1c(C)sc(NC(=O)C=Cc2ccc(C)o2)c1C(=O)OC. The van der Waals surface area contributed by atoms with Crippen LogP contribution in [-0.4, -0.2) is 19.0 Å². The summed E-state index contributed by atoms with van der Waals surface area (Å²) in [4.78, 5) is 25.1. The molecule has 0 saturated carbocycles. The highest BCUT2D eigenvalue weighted by molar-refractivity contribution is 7.16. The minimum atomic E-state index is -0.438. The summed E-state index contributed by atoms with van der Waals surface area (Å²) < 4.78 is 10.2. The fourth-order valence-electron chi connectivity index (χ4n) is 2.26. The van der Waals surface area contributed by atoms with Crippen molar-refractivity contribution in [3.05, 3.63) is 45.7 Å². The number of anilines is 1. The lowest BCUT2D eigenvalue weighted by molar-refractivity contribution is -0.111. The average Bonchev–Trinajstić information content (AvgIpc) is 3.07. The van der Waals surface area contributed by atoms with E-state index in [4.69, 9.17) is 9.15 Å². The van der Waals surface area contributed by atoms with Crippen LogP contribution in [0.2, 0.25) is 0 Å². The number of nitrogens with one attached hydrogen (secondary N) is 1. The third-order valence-corrected chi connectivity index (χ3v) is 4.41. The van der Waals surface area contributed by atoms with Crippen molar-refractivity contribution in [2.75, 3.05) is 12.4 Å². The van der Waals surface area contributed by atoms with Gasteiger partial charge >= 0.3 is 5.97 Å². The smallest absolute Gasteiger partial charge is 0.341 e. The maximum absolute atomic E-state index is 12.1. The van der Waals surface area contributed by atoms with Crippen molar-refractivity contribution in [2.24, 2.45) is 0 Å². The molecule has 0 aliphatic carbocycles. The molecule has 0 aliphatic rings. The molecule has 0 aromatic carbocycles. The van der Waals surface area contributed by atoms with Crippen molar-refractivity contribution in [3.8, 4) is 0 Å². The van der Waals surface area contributed by atoms with Crippen LogP contribution in [0, 0.1) is 13.8 Å². The first-order chi connectivity index (χ1) is 11.0. The van der Waals surface area contributed by atoms with Crippen LogP contribution in [0.25, 0.3) is 6.08 Å². The number of aryl methyl sites for hydroxylation is 2. The molecule has 5 nitrogen and oxygen atoms in total. The fraction of sp³-hybridized carbons (Fsp3) is 0.294. The minimum absolute atomic E-state index is 0.326. The van der Waals surface area contributed by atoms with Crippen molar-refractivity contribution in [2.45, 2.75) is 27.2 Å². The number of hydrogen-bond donors (Lipinski definition) is 1. The predicted molar refractivity (Wildman–Crippen MR) is 90.9 cm³/mol. The van der Waals surface area contributed by atoms with E-state index in [1.54, 1.807) is 12.1 Å². The van der Waals surface area contributed by atoms with Gasteiger partial charge in [-0.2, -0.15) is 0 Å². The van der Waals surface area contributed by atoms with Crippen LogP contribution in [0.4, 0.5) is 5.00 Å². The standard InChI is InChI=1S/C17H19NO4S/c1-5-13-11(3)23-16(15(13)17(20)21-4)18-14(19)9-8-12-7-6-10(2)22-12/h6-9H,5H2,1-4H3,(H,18,19). The van der Waals surface area contributed by atoms with Gasteiger partial charge in [0.15, 0.2) is 0 Å². The quantitative estimate of drug-likeness (QED) is 0.664. The molecular weight excluding hydrogens is 314 g/mol. The summed E-state index contributed by atoms with van der Waals surface area (Å²) >= 11 is 1.37. The van der Waals surface area contributed by atoms with Crippen LogP contribution >= 0.6 is 11.3 Å². The van der Waals surface area contributed by atoms with Crippen molar-refractivity contribution >= 4 is 34.3 Å². The predicted octanol–water partition coefficient (Wildman–Crippen LogP) is 3.96. The largest absolute Gasteiger partial charge is 0.465 e. The number of ether oxygens (including phenoxy) is 1. The van der Waals surface area contributed by atoms with Crippen molar-refractivity contribution in [1.82, 2.24) is 0 Å². The van der Waals surface area contributed by atoms with Gasteiger partial charge in [-0.15, -0.1) is 11.3 Å². The number of carbonyl (C=O) groups is 2. The van der Waals surface area contributed by atoms with E-state index >= 15 is 0 Å². The Balaban J connectivity index is 2.20. The van der Waals surface area contributed by atoms with Crippen LogP contribution in [0.1, 0.15) is 39.2 Å². The van der Waals surface area contributed by atoms with E-state index in [-0.39, 0.29) is 5.91 Å². The summed E-state index contributed by atoms with van der Waals surface area (Å²) in [6.45, 7) is 5.72. The summed E-state index contributed by atoms with van der Waals surface area (Å²) in [5.41, 5.74) is 1.34. The molecule has 1 N–H and O–H groups in total. The Morgan fingerprint density at radius 2 is 2.09 bits per heavy atom. The van der Waals surface area contributed by atoms with Gasteiger partial charge in [-0.05, 0) is 44.0 Å². The molecule has 0 aliphatic heterocycles. The first-order valence-corrected chi connectivity index (χ1v) is 8.04. The Hall–Kier alpha value is -2.34. The number of furan rings is 1. The van der Waals surface area contributed by atoms with Gasteiger partial charge in [-0.25, -0.2) is 4.79 Å². The molecule has 0 spiro atoms. The third kappa shape index (κ3) is 3.90. The number of methoxy groups -OCH3 is 1. The first-order valence-electron chi connectivity index (χ1n) is 7.22. The molecule has 2 rings (SSSR count). The summed E-state index contributed by atoms with van der Waals surface area (Å²) in [6, 6.07) is 3.60. The summed E-state index contributed by atoms with van der Waals surface area (Å²) in [5.74, 6) is 0.613. The molecule has 23 heavy (non-hydrogen) atoms. The maximum atomic E-state index is 12.1. The van der Waals surface area contributed by atoms with E-state index in [1.807, 2.05) is 26.8 Å². The molecule has 0 unspecified atom stereocenters. The number of rotatable bonds is 5. The molecule has 6 heteroatoms. The van der Waals surface area contributed by atoms with Gasteiger partial charge in [-0.3, -0.25) is 4.79 Å². The van der Waals surface area contributed by atoms with Gasteiger partial charge in [0.25, 0.3) is 0 Å². The fourth-order valence-corrected chi connectivity index (χ4v) is 3.40. The number of thiophene rings is 1. The average molecular weight is 333 g/mol. The highest BCUT2D eigenvalue weighted by atomic mass is 32.1. The Bertz CT molecular complexity index is 755. The lowest BCUT2D eigenvalue weighted by Crippen LogP contribution is -2.12. The molecule has 2 aromatic rings. The van der Waals surface area contributed by atoms with Gasteiger partial charge in [0.1, 0.15) is 16.5 Å². The monoisotopic (exact) mass is 333 g/mol. The topological polar surface area (TPSA) is 68.5 Å². The molecular formula is C17H19NO4S. The molecule has 2 heterocycles. The summed E-state index contributed by atoms with van der Waals surface area (Å²) in [6.07, 6.45) is 3.66. The molecule has 0 atom stereocenters. The maximum Gasteiger partial charge on any atom is 0.341 e. The van der Waals surface area contributed by atoms with Crippen molar-refractivity contribution < 1.29 is 18.7 Å². The Morgan fingerprint density at radius 1 is 1.35 bits per heavy atom. The van der Waals surface area contributed by atoms with E-state index in [0.717, 1.165) is 16.2 Å². The van der Waals surface area contributed by atoms with Crippen molar-refractivity contribution in [1.29, 1.82) is 0 Å². The van der Waals surface area contributed by atoms with Gasteiger partial charge in [0, 0.05) is 11.0 Å². The van der Waals surface area contributed by atoms with Gasteiger partial charge < -0.3 is 14.5 Å². The van der Waals surface area contributed by atoms with E-state index in [0.29, 0.717) is 22.7 Å². The van der Waals surface area contributed by atoms with E-state index in [9.17, 15) is 9.59 Å². The second kappa shape index (κ2) is 7.28. The molecule has 2 aromatic heterocycles. The summed E-state index contributed by atoms with van der Waals surface area (Å²) in [7, 11) is 1.33. The summed E-state index contributed by atoms with van der Waals surface area (Å²) in [5, 5.41) is 3.26. The zero-order valence-electron chi connectivity index (χ0n) is 13.6. The normalized spacial score (nSPS) is 11.0. The Morgan fingerprint density at radius 3 is 2.65 bits per heavy atom. The highest BCUT2D eigenvalue weighted by Crippen LogP contribution is 2.34. The van der Waals surface area contributed by atoms with Crippen LogP contribution in [0.15, 0.2) is 22.6 Å². The second-order valence-electron chi connectivity index (χ2n) is 4.96. The second-order valence-corrected chi connectivity index (χ2v) is 6.18.